The van der Waals surface area contributed by atoms with E-state index in [2.05, 4.69) is 30.4 Å². The summed E-state index contributed by atoms with van der Waals surface area (Å²) in [4.78, 5) is 34.0. The number of amides is 1. The van der Waals surface area contributed by atoms with Gasteiger partial charge in [-0.25, -0.2) is 4.98 Å². The SMILES string of the molecule is O=C1N(c2cncc(Nc3ncc(Cl)c(N4CCCCC4)n3)c2)CCC12CCN(C1CCNCC1)CC2. The van der Waals surface area contributed by atoms with Crippen LogP contribution in [0.5, 0.6) is 0 Å². The topological polar surface area (TPSA) is 89.5 Å². The number of nitrogens with zero attached hydrogens (tertiary/aromatic N) is 6. The van der Waals surface area contributed by atoms with Crippen LogP contribution in [-0.2, 0) is 4.79 Å². The molecular weight excluding hydrogens is 488 g/mol. The summed E-state index contributed by atoms with van der Waals surface area (Å²) >= 11 is 6.43. The second-order valence-corrected chi connectivity index (χ2v) is 11.4. The van der Waals surface area contributed by atoms with Gasteiger partial charge in [-0.15, -0.1) is 0 Å². The van der Waals surface area contributed by atoms with E-state index in [1.54, 1.807) is 18.6 Å². The number of halogens is 1. The van der Waals surface area contributed by atoms with Crippen molar-refractivity contribution < 1.29 is 4.79 Å². The summed E-state index contributed by atoms with van der Waals surface area (Å²) in [5.41, 5.74) is 1.37. The van der Waals surface area contributed by atoms with Gasteiger partial charge in [-0.1, -0.05) is 11.6 Å². The first-order chi connectivity index (χ1) is 18.1. The smallest absolute Gasteiger partial charge is 0.233 e. The molecule has 2 aromatic rings. The van der Waals surface area contributed by atoms with Crippen molar-refractivity contribution in [2.75, 3.05) is 60.9 Å². The second kappa shape index (κ2) is 10.7. The molecule has 0 radical (unpaired) electrons. The van der Waals surface area contributed by atoms with Gasteiger partial charge in [0.2, 0.25) is 11.9 Å². The summed E-state index contributed by atoms with van der Waals surface area (Å²) in [7, 11) is 0. The molecule has 4 fully saturated rings. The molecule has 198 valence electrons. The Morgan fingerprint density at radius 2 is 1.73 bits per heavy atom. The van der Waals surface area contributed by atoms with Crippen LogP contribution in [0.3, 0.4) is 0 Å². The number of likely N-dealkylation sites (tertiary alicyclic amines) is 1. The Balaban J connectivity index is 1.12. The van der Waals surface area contributed by atoms with Crippen LogP contribution in [0.1, 0.15) is 51.4 Å². The first-order valence-electron chi connectivity index (χ1n) is 13.9. The number of anilines is 4. The Morgan fingerprint density at radius 1 is 0.973 bits per heavy atom. The van der Waals surface area contributed by atoms with Crippen LogP contribution in [-0.4, -0.2) is 77.6 Å². The quantitative estimate of drug-likeness (QED) is 0.610. The minimum Gasteiger partial charge on any atom is -0.355 e. The lowest BCUT2D eigenvalue weighted by atomic mass is 9.76. The minimum absolute atomic E-state index is 0.227. The summed E-state index contributed by atoms with van der Waals surface area (Å²) < 4.78 is 0. The van der Waals surface area contributed by atoms with Crippen molar-refractivity contribution in [1.82, 2.24) is 25.2 Å². The zero-order valence-electron chi connectivity index (χ0n) is 21.5. The Kier molecular flexibility index (Phi) is 7.18. The lowest BCUT2D eigenvalue weighted by Gasteiger charge is -2.42. The molecule has 4 aliphatic rings. The van der Waals surface area contributed by atoms with Crippen LogP contribution >= 0.6 is 11.6 Å². The molecule has 4 saturated heterocycles. The molecule has 0 saturated carbocycles. The molecule has 2 aromatic heterocycles. The van der Waals surface area contributed by atoms with Crippen LogP contribution in [0.25, 0.3) is 0 Å². The zero-order valence-corrected chi connectivity index (χ0v) is 22.2. The van der Waals surface area contributed by atoms with Gasteiger partial charge in [0.05, 0.1) is 35.4 Å². The lowest BCUT2D eigenvalue weighted by Crippen LogP contribution is -2.50. The Hall–Kier alpha value is -2.49. The second-order valence-electron chi connectivity index (χ2n) is 11.0. The highest BCUT2D eigenvalue weighted by molar-refractivity contribution is 6.32. The minimum atomic E-state index is -0.227. The normalized spacial score (nSPS) is 23.1. The summed E-state index contributed by atoms with van der Waals surface area (Å²) in [6.45, 7) is 6.93. The Bertz CT molecular complexity index is 1110. The van der Waals surface area contributed by atoms with Crippen LogP contribution in [0.2, 0.25) is 5.02 Å². The van der Waals surface area contributed by atoms with E-state index in [0.29, 0.717) is 17.0 Å². The van der Waals surface area contributed by atoms with E-state index >= 15 is 0 Å². The molecule has 1 spiro atoms. The van der Waals surface area contributed by atoms with Gasteiger partial charge in [0, 0.05) is 25.7 Å². The maximum atomic E-state index is 13.7. The predicted molar refractivity (Wildman–Crippen MR) is 147 cm³/mol. The van der Waals surface area contributed by atoms with Gasteiger partial charge in [0.25, 0.3) is 0 Å². The highest BCUT2D eigenvalue weighted by Gasteiger charge is 2.49. The fourth-order valence-electron chi connectivity index (χ4n) is 6.54. The zero-order chi connectivity index (χ0) is 25.2. The van der Waals surface area contributed by atoms with Crippen LogP contribution in [0.4, 0.5) is 23.1 Å². The van der Waals surface area contributed by atoms with Gasteiger partial charge in [0.15, 0.2) is 5.82 Å². The van der Waals surface area contributed by atoms with Gasteiger partial charge in [-0.05, 0) is 83.6 Å². The summed E-state index contributed by atoms with van der Waals surface area (Å²) in [5.74, 6) is 1.51. The van der Waals surface area contributed by atoms with Gasteiger partial charge in [0.1, 0.15) is 5.02 Å². The molecule has 0 aliphatic carbocycles. The van der Waals surface area contributed by atoms with Gasteiger partial charge in [-0.2, -0.15) is 4.98 Å². The van der Waals surface area contributed by atoms with Crippen molar-refractivity contribution >= 4 is 40.6 Å². The molecule has 10 heteroatoms. The van der Waals surface area contributed by atoms with Crippen molar-refractivity contribution in [2.24, 2.45) is 5.41 Å². The maximum Gasteiger partial charge on any atom is 0.233 e. The van der Waals surface area contributed by atoms with Gasteiger partial charge >= 0.3 is 0 Å². The van der Waals surface area contributed by atoms with Crippen molar-refractivity contribution in [3.05, 3.63) is 29.7 Å². The molecule has 0 bridgehead atoms. The fraction of sp³-hybridized carbons (Fsp3) is 0.630. The number of hydrogen-bond acceptors (Lipinski definition) is 8. The maximum absolute atomic E-state index is 13.7. The molecule has 37 heavy (non-hydrogen) atoms. The number of rotatable bonds is 5. The number of carbonyl (C=O) groups is 1. The highest BCUT2D eigenvalue weighted by atomic mass is 35.5. The van der Waals surface area contributed by atoms with E-state index in [1.165, 1.54) is 19.3 Å². The van der Waals surface area contributed by atoms with Crippen molar-refractivity contribution in [1.29, 1.82) is 0 Å². The van der Waals surface area contributed by atoms with Gasteiger partial charge < -0.3 is 25.3 Å². The Labute approximate surface area is 224 Å². The van der Waals surface area contributed by atoms with Crippen molar-refractivity contribution in [2.45, 2.75) is 57.4 Å². The molecule has 0 atom stereocenters. The molecule has 4 aliphatic heterocycles. The van der Waals surface area contributed by atoms with E-state index in [9.17, 15) is 4.79 Å². The molecule has 0 unspecified atom stereocenters. The number of nitrogens with one attached hydrogen (secondary N) is 2. The third-order valence-electron chi connectivity index (χ3n) is 8.77. The van der Waals surface area contributed by atoms with Crippen LogP contribution < -0.4 is 20.4 Å². The molecule has 6 heterocycles. The molecule has 2 N–H and O–H groups in total. The van der Waals surface area contributed by atoms with Crippen LogP contribution in [0.15, 0.2) is 24.7 Å². The first-order valence-corrected chi connectivity index (χ1v) is 14.3. The van der Waals surface area contributed by atoms with E-state index in [1.807, 2.05) is 11.0 Å². The predicted octanol–water partition coefficient (Wildman–Crippen LogP) is 3.83. The van der Waals surface area contributed by atoms with E-state index in [4.69, 9.17) is 16.6 Å². The van der Waals surface area contributed by atoms with Crippen LogP contribution in [0, 0.1) is 5.41 Å². The number of pyridine rings is 1. The highest BCUT2D eigenvalue weighted by Crippen LogP contribution is 2.44. The molecule has 1 amide bonds. The molecular formula is C27H37ClN8O. The van der Waals surface area contributed by atoms with E-state index in [-0.39, 0.29) is 11.3 Å². The summed E-state index contributed by atoms with van der Waals surface area (Å²) in [6, 6.07) is 2.65. The third kappa shape index (κ3) is 5.13. The molecule has 0 aromatic carbocycles. The average molecular weight is 525 g/mol. The van der Waals surface area contributed by atoms with Crippen molar-refractivity contribution in [3.63, 3.8) is 0 Å². The summed E-state index contributed by atoms with van der Waals surface area (Å²) in [5, 5.41) is 7.31. The largest absolute Gasteiger partial charge is 0.355 e. The number of aromatic nitrogens is 3. The number of hydrogen-bond donors (Lipinski definition) is 2. The summed E-state index contributed by atoms with van der Waals surface area (Å²) in [6.07, 6.45) is 14.0. The van der Waals surface area contributed by atoms with Crippen molar-refractivity contribution in [3.8, 4) is 0 Å². The fourth-order valence-corrected chi connectivity index (χ4v) is 6.75. The number of carbonyl (C=O) groups excluding carboxylic acids is 1. The van der Waals surface area contributed by atoms with Gasteiger partial charge in [-0.3, -0.25) is 9.78 Å². The number of piperidine rings is 3. The standard InChI is InChI=1S/C27H37ClN8O/c28-23-19-31-26(33-24(23)35-11-2-1-3-12-35)32-20-16-22(18-30-17-20)36-15-8-27(25(36)37)6-13-34(14-7-27)21-4-9-29-10-5-21/h16-19,21,29H,1-15H2,(H,31,32,33). The lowest BCUT2D eigenvalue weighted by molar-refractivity contribution is -0.128. The van der Waals surface area contributed by atoms with E-state index < -0.39 is 0 Å². The molecule has 6 rings (SSSR count). The first kappa shape index (κ1) is 24.8. The third-order valence-corrected chi connectivity index (χ3v) is 9.03. The monoisotopic (exact) mass is 524 g/mol. The Morgan fingerprint density at radius 3 is 2.51 bits per heavy atom. The average Bonchev–Trinajstić information content (AvgIpc) is 3.26. The molecule has 9 nitrogen and oxygen atoms in total. The van der Waals surface area contributed by atoms with E-state index in [0.717, 1.165) is 95.1 Å².